The first-order valence-corrected chi connectivity index (χ1v) is 14.3. The van der Waals surface area contributed by atoms with Crippen molar-refractivity contribution in [1.29, 1.82) is 0 Å². The van der Waals surface area contributed by atoms with E-state index in [0.717, 1.165) is 23.7 Å². The zero-order valence-corrected chi connectivity index (χ0v) is 21.2. The predicted molar refractivity (Wildman–Crippen MR) is 131 cm³/mol. The Morgan fingerprint density at radius 2 is 1.75 bits per heavy atom. The Hall–Kier alpha value is -2.91. The molecule has 0 bridgehead atoms. The SMILES string of the molecule is CS(=O)(=O)Nc1ccc2nc(Oc3ccc(-c4cc(C(F)(F)F)ccc4S(N)(=O)=O)cc3Cl)sc2c1. The standard InChI is InChI=1S/C21H15ClF3N3O5S3/c1-35(29,30)28-13-4-5-16-18(10-13)34-20(27-16)33-17-6-2-11(8-15(17)22)14-9-12(21(23,24)25)3-7-19(14)36(26,31)32/h2-10,28H,1H3,(H2,26,31,32). The Morgan fingerprint density at radius 3 is 2.36 bits per heavy atom. The van der Waals surface area contributed by atoms with Gasteiger partial charge in [-0.05, 0) is 54.1 Å². The van der Waals surface area contributed by atoms with E-state index in [1.807, 2.05) is 0 Å². The third-order valence-corrected chi connectivity index (χ3v) is 7.49. The number of nitrogens with zero attached hydrogens (tertiary/aromatic N) is 1. The van der Waals surface area contributed by atoms with Crippen molar-refractivity contribution in [2.24, 2.45) is 5.14 Å². The van der Waals surface area contributed by atoms with E-state index in [-0.39, 0.29) is 27.1 Å². The minimum atomic E-state index is -4.71. The molecular weight excluding hydrogens is 563 g/mol. The molecule has 4 rings (SSSR count). The van der Waals surface area contributed by atoms with E-state index in [4.69, 9.17) is 21.5 Å². The molecule has 1 aromatic heterocycles. The van der Waals surface area contributed by atoms with Gasteiger partial charge in [0, 0.05) is 5.56 Å². The summed E-state index contributed by atoms with van der Waals surface area (Å²) >= 11 is 7.40. The van der Waals surface area contributed by atoms with Gasteiger partial charge in [0.25, 0.3) is 5.19 Å². The van der Waals surface area contributed by atoms with Gasteiger partial charge in [0.05, 0.1) is 37.6 Å². The highest BCUT2D eigenvalue weighted by molar-refractivity contribution is 7.92. The average Bonchev–Trinajstić information content (AvgIpc) is 3.14. The van der Waals surface area contributed by atoms with Crippen LogP contribution in [0.25, 0.3) is 21.3 Å². The van der Waals surface area contributed by atoms with Gasteiger partial charge in [-0.15, -0.1) is 0 Å². The number of nitrogens with one attached hydrogen (secondary N) is 1. The number of halogens is 4. The van der Waals surface area contributed by atoms with Crippen molar-refractivity contribution in [2.45, 2.75) is 11.1 Å². The van der Waals surface area contributed by atoms with E-state index in [0.29, 0.717) is 28.0 Å². The molecule has 0 saturated carbocycles. The number of ether oxygens (including phenoxy) is 1. The van der Waals surface area contributed by atoms with Crippen molar-refractivity contribution in [1.82, 2.24) is 4.98 Å². The molecule has 0 fully saturated rings. The van der Waals surface area contributed by atoms with Gasteiger partial charge >= 0.3 is 6.18 Å². The Kier molecular flexibility index (Phi) is 6.68. The van der Waals surface area contributed by atoms with E-state index in [1.54, 1.807) is 12.1 Å². The lowest BCUT2D eigenvalue weighted by Crippen LogP contribution is -2.15. The second-order valence-corrected chi connectivity index (χ2v) is 12.2. The Balaban J connectivity index is 1.68. The number of benzene rings is 3. The van der Waals surface area contributed by atoms with Crippen molar-refractivity contribution in [3.63, 3.8) is 0 Å². The highest BCUT2D eigenvalue weighted by Crippen LogP contribution is 2.40. The van der Waals surface area contributed by atoms with Crippen LogP contribution >= 0.6 is 22.9 Å². The molecule has 4 aromatic rings. The molecule has 3 aromatic carbocycles. The summed E-state index contributed by atoms with van der Waals surface area (Å²) in [6.45, 7) is 0. The van der Waals surface area contributed by atoms with Crippen molar-refractivity contribution < 1.29 is 34.7 Å². The summed E-state index contributed by atoms with van der Waals surface area (Å²) in [5.41, 5.74) is -0.381. The maximum absolute atomic E-state index is 13.2. The molecule has 3 N–H and O–H groups in total. The molecule has 190 valence electrons. The summed E-state index contributed by atoms with van der Waals surface area (Å²) in [4.78, 5) is 3.80. The third-order valence-electron chi connectivity index (χ3n) is 4.73. The fraction of sp³-hybridized carbons (Fsp3) is 0.0952. The van der Waals surface area contributed by atoms with E-state index in [9.17, 15) is 30.0 Å². The van der Waals surface area contributed by atoms with Crippen molar-refractivity contribution in [3.05, 3.63) is 65.2 Å². The van der Waals surface area contributed by atoms with Crippen LogP contribution in [0.3, 0.4) is 0 Å². The molecule has 0 radical (unpaired) electrons. The number of fused-ring (bicyclic) bond motifs is 1. The van der Waals surface area contributed by atoms with Gasteiger partial charge in [0.1, 0.15) is 5.75 Å². The number of alkyl halides is 3. The lowest BCUT2D eigenvalue weighted by molar-refractivity contribution is -0.137. The lowest BCUT2D eigenvalue weighted by Gasteiger charge is -2.14. The maximum atomic E-state index is 13.2. The molecule has 1 heterocycles. The van der Waals surface area contributed by atoms with Crippen LogP contribution in [0.15, 0.2) is 59.5 Å². The fourth-order valence-corrected chi connectivity index (χ4v) is 5.63. The molecule has 15 heteroatoms. The second-order valence-electron chi connectivity index (χ2n) is 7.54. The smallest absolute Gasteiger partial charge is 0.416 e. The van der Waals surface area contributed by atoms with E-state index in [2.05, 4.69) is 9.71 Å². The van der Waals surface area contributed by atoms with Gasteiger partial charge in [-0.2, -0.15) is 13.2 Å². The van der Waals surface area contributed by atoms with Crippen LogP contribution in [0.2, 0.25) is 5.02 Å². The summed E-state index contributed by atoms with van der Waals surface area (Å²) < 4.78 is 95.2. The van der Waals surface area contributed by atoms with Crippen LogP contribution in [0, 0.1) is 0 Å². The largest absolute Gasteiger partial charge is 0.429 e. The normalized spacial score (nSPS) is 12.6. The maximum Gasteiger partial charge on any atom is 0.416 e. The first-order chi connectivity index (χ1) is 16.6. The highest BCUT2D eigenvalue weighted by Gasteiger charge is 2.32. The molecule has 0 saturated heterocycles. The summed E-state index contributed by atoms with van der Waals surface area (Å²) in [5.74, 6) is 0.109. The van der Waals surface area contributed by atoms with E-state index >= 15 is 0 Å². The minimum absolute atomic E-state index is 0.0241. The summed E-state index contributed by atoms with van der Waals surface area (Å²) in [7, 11) is -7.80. The number of hydrogen-bond donors (Lipinski definition) is 2. The number of hydrogen-bond acceptors (Lipinski definition) is 7. The number of anilines is 1. The number of thiazole rings is 1. The average molecular weight is 578 g/mol. The van der Waals surface area contributed by atoms with Crippen LogP contribution < -0.4 is 14.6 Å². The second kappa shape index (κ2) is 9.19. The molecule has 0 spiro atoms. The number of aromatic nitrogens is 1. The van der Waals surface area contributed by atoms with Crippen LogP contribution in [0.5, 0.6) is 10.9 Å². The zero-order valence-electron chi connectivity index (χ0n) is 18.0. The molecule has 0 unspecified atom stereocenters. The van der Waals surface area contributed by atoms with Gasteiger partial charge in [-0.1, -0.05) is 29.0 Å². The summed E-state index contributed by atoms with van der Waals surface area (Å²) in [5, 5.41) is 5.34. The summed E-state index contributed by atoms with van der Waals surface area (Å²) in [6, 6.07) is 10.8. The number of primary sulfonamides is 1. The molecule has 0 aliphatic carbocycles. The first-order valence-electron chi connectivity index (χ1n) is 9.70. The molecule has 0 amide bonds. The van der Waals surface area contributed by atoms with Gasteiger partial charge in [0.15, 0.2) is 0 Å². The predicted octanol–water partition coefficient (Wildman–Crippen LogP) is 5.45. The lowest BCUT2D eigenvalue weighted by atomic mass is 10.0. The van der Waals surface area contributed by atoms with Crippen LogP contribution in [0.1, 0.15) is 5.56 Å². The van der Waals surface area contributed by atoms with Crippen LogP contribution in [0.4, 0.5) is 18.9 Å². The summed E-state index contributed by atoms with van der Waals surface area (Å²) in [6.07, 6.45) is -3.68. The Bertz CT molecular complexity index is 1710. The van der Waals surface area contributed by atoms with Crippen molar-refractivity contribution in [2.75, 3.05) is 11.0 Å². The first kappa shape index (κ1) is 26.2. The topological polar surface area (TPSA) is 128 Å². The van der Waals surface area contributed by atoms with Crippen molar-refractivity contribution >= 4 is 58.9 Å². The molecule has 0 aliphatic rings. The van der Waals surface area contributed by atoms with Gasteiger partial charge in [-0.25, -0.2) is 27.0 Å². The molecule has 0 atom stereocenters. The van der Waals surface area contributed by atoms with Crippen molar-refractivity contribution in [3.8, 4) is 22.1 Å². The number of sulfonamides is 2. The van der Waals surface area contributed by atoms with Gasteiger partial charge in [0.2, 0.25) is 20.0 Å². The van der Waals surface area contributed by atoms with Gasteiger partial charge in [-0.3, -0.25) is 4.72 Å². The third kappa shape index (κ3) is 5.90. The molecular formula is C21H15ClF3N3O5S3. The van der Waals surface area contributed by atoms with E-state index in [1.165, 1.54) is 24.3 Å². The molecule has 8 nitrogen and oxygen atoms in total. The van der Waals surface area contributed by atoms with Crippen LogP contribution in [-0.4, -0.2) is 28.1 Å². The minimum Gasteiger partial charge on any atom is -0.429 e. The molecule has 36 heavy (non-hydrogen) atoms. The van der Waals surface area contributed by atoms with Crippen LogP contribution in [-0.2, 0) is 26.2 Å². The highest BCUT2D eigenvalue weighted by atomic mass is 35.5. The Labute approximate surface area is 212 Å². The number of rotatable bonds is 6. The Morgan fingerprint density at radius 1 is 1.03 bits per heavy atom. The fourth-order valence-electron chi connectivity index (χ4n) is 3.25. The molecule has 0 aliphatic heterocycles. The zero-order chi connectivity index (χ0) is 26.5. The monoisotopic (exact) mass is 577 g/mol. The van der Waals surface area contributed by atoms with E-state index < -0.39 is 36.7 Å². The number of nitrogens with two attached hydrogens (primary N) is 1. The quantitative estimate of drug-likeness (QED) is 0.314. The van der Waals surface area contributed by atoms with Gasteiger partial charge < -0.3 is 4.74 Å².